The fraction of sp³-hybridized carbons (Fsp3) is 0.263. The molecule has 1 atom stereocenters. The van der Waals surface area contributed by atoms with Gasteiger partial charge in [-0.25, -0.2) is 0 Å². The Bertz CT molecular complexity index is 497. The molecule has 0 aliphatic carbocycles. The number of aliphatic hydroxyl groups excluding tert-OH is 1. The molecule has 0 fully saturated rings. The second-order valence-electron chi connectivity index (χ2n) is 5.07. The third kappa shape index (κ3) is 4.44. The van der Waals surface area contributed by atoms with Crippen LogP contribution >= 0.6 is 7.92 Å². The smallest absolute Gasteiger partial charge is 0.0751 e. The second kappa shape index (κ2) is 8.64. The zero-order valence-electron chi connectivity index (χ0n) is 12.5. The maximum atomic E-state index is 8.85. The first-order valence-corrected chi connectivity index (χ1v) is 8.96. The minimum atomic E-state index is -0.347. The molecule has 0 bridgehead atoms. The summed E-state index contributed by atoms with van der Waals surface area (Å²) in [7, 11) is -0.347. The van der Waals surface area contributed by atoms with Gasteiger partial charge < -0.3 is 5.11 Å². The molecule has 21 heavy (non-hydrogen) atoms. The lowest BCUT2D eigenvalue weighted by molar-refractivity contribution is 0.470. The van der Waals surface area contributed by atoms with Crippen LogP contribution in [0.4, 0.5) is 0 Å². The van der Waals surface area contributed by atoms with Crippen LogP contribution in [-0.2, 0) is 0 Å². The molecule has 0 aliphatic rings. The molecule has 0 aliphatic heterocycles. The van der Waals surface area contributed by atoms with Crippen LogP contribution in [-0.4, -0.2) is 10.8 Å². The maximum Gasteiger partial charge on any atom is 0.0751 e. The van der Waals surface area contributed by atoms with E-state index in [0.29, 0.717) is 5.66 Å². The Labute approximate surface area is 129 Å². The summed E-state index contributed by atoms with van der Waals surface area (Å²) in [6.45, 7) is 2.27. The molecule has 2 aromatic carbocycles. The van der Waals surface area contributed by atoms with Crippen molar-refractivity contribution in [2.45, 2.75) is 31.8 Å². The first kappa shape index (κ1) is 15.8. The Morgan fingerprint density at radius 1 is 0.952 bits per heavy atom. The average molecular weight is 298 g/mol. The van der Waals surface area contributed by atoms with E-state index in [-0.39, 0.29) is 7.92 Å². The van der Waals surface area contributed by atoms with Crippen molar-refractivity contribution in [2.24, 2.45) is 0 Å². The average Bonchev–Trinajstić information content (AvgIpc) is 2.56. The zero-order valence-corrected chi connectivity index (χ0v) is 13.4. The standard InChI is InChI=1S/C19H23OP/c1-2-17(11-9-10-16-20)21(18-12-5-3-6-13-18)19-14-7-4-8-15-19/h3-8,10,12-17,20H,2,9,11H2,1H3/b16-10-/t17-/m0/s1. The van der Waals surface area contributed by atoms with Crippen LogP contribution in [0, 0.1) is 0 Å². The fourth-order valence-corrected chi connectivity index (χ4v) is 5.53. The van der Waals surface area contributed by atoms with E-state index in [0.717, 1.165) is 19.3 Å². The quantitative estimate of drug-likeness (QED) is 0.577. The van der Waals surface area contributed by atoms with Crippen molar-refractivity contribution in [2.75, 3.05) is 0 Å². The molecule has 1 nitrogen and oxygen atoms in total. The SMILES string of the molecule is CC[C@@H](CC/C=C\O)P(c1ccccc1)c1ccccc1. The highest BCUT2D eigenvalue weighted by molar-refractivity contribution is 7.73. The highest BCUT2D eigenvalue weighted by Crippen LogP contribution is 2.43. The van der Waals surface area contributed by atoms with Gasteiger partial charge in [0.1, 0.15) is 0 Å². The van der Waals surface area contributed by atoms with Crippen LogP contribution in [0.3, 0.4) is 0 Å². The molecule has 110 valence electrons. The monoisotopic (exact) mass is 298 g/mol. The normalized spacial score (nSPS) is 12.9. The third-order valence-electron chi connectivity index (χ3n) is 3.68. The summed E-state index contributed by atoms with van der Waals surface area (Å²) < 4.78 is 0. The third-order valence-corrected chi connectivity index (χ3v) is 6.74. The van der Waals surface area contributed by atoms with Crippen LogP contribution in [0.2, 0.25) is 0 Å². The summed E-state index contributed by atoms with van der Waals surface area (Å²) in [5, 5.41) is 11.7. The molecule has 2 heteroatoms. The van der Waals surface area contributed by atoms with E-state index in [2.05, 4.69) is 67.6 Å². The summed E-state index contributed by atoms with van der Waals surface area (Å²) in [6.07, 6.45) is 6.23. The molecule has 0 unspecified atom stereocenters. The molecule has 2 rings (SSSR count). The summed E-state index contributed by atoms with van der Waals surface area (Å²) >= 11 is 0. The largest absolute Gasteiger partial charge is 0.516 e. The van der Waals surface area contributed by atoms with Crippen LogP contribution in [0.15, 0.2) is 73.0 Å². The Kier molecular flexibility index (Phi) is 6.50. The topological polar surface area (TPSA) is 20.2 Å². The molecule has 0 saturated carbocycles. The molecule has 0 spiro atoms. The number of aliphatic hydroxyl groups is 1. The van der Waals surface area contributed by atoms with Gasteiger partial charge in [0.15, 0.2) is 0 Å². The number of benzene rings is 2. The highest BCUT2D eigenvalue weighted by Gasteiger charge is 2.22. The van der Waals surface area contributed by atoms with Crippen molar-refractivity contribution in [1.82, 2.24) is 0 Å². The van der Waals surface area contributed by atoms with Gasteiger partial charge in [-0.2, -0.15) is 0 Å². The van der Waals surface area contributed by atoms with Gasteiger partial charge in [0.05, 0.1) is 6.26 Å². The van der Waals surface area contributed by atoms with E-state index < -0.39 is 0 Å². The maximum absolute atomic E-state index is 8.85. The minimum Gasteiger partial charge on any atom is -0.516 e. The van der Waals surface area contributed by atoms with Gasteiger partial charge >= 0.3 is 0 Å². The van der Waals surface area contributed by atoms with Crippen LogP contribution in [0.1, 0.15) is 26.2 Å². The van der Waals surface area contributed by atoms with E-state index in [9.17, 15) is 0 Å². The molecular weight excluding hydrogens is 275 g/mol. The van der Waals surface area contributed by atoms with E-state index in [1.165, 1.54) is 16.9 Å². The Hall–Kier alpha value is -1.59. The van der Waals surface area contributed by atoms with Crippen molar-refractivity contribution in [3.05, 3.63) is 73.0 Å². The van der Waals surface area contributed by atoms with Crippen molar-refractivity contribution in [1.29, 1.82) is 0 Å². The van der Waals surface area contributed by atoms with Crippen LogP contribution in [0.5, 0.6) is 0 Å². The van der Waals surface area contributed by atoms with E-state index >= 15 is 0 Å². The predicted octanol–water partition coefficient (Wildman–Crippen LogP) is 4.75. The van der Waals surface area contributed by atoms with Crippen molar-refractivity contribution >= 4 is 18.5 Å². The lowest BCUT2D eigenvalue weighted by Crippen LogP contribution is -2.21. The van der Waals surface area contributed by atoms with Crippen molar-refractivity contribution < 1.29 is 5.11 Å². The molecule has 0 saturated heterocycles. The Balaban J connectivity index is 2.31. The number of rotatable bonds is 7. The van der Waals surface area contributed by atoms with Gasteiger partial charge in [-0.1, -0.05) is 73.7 Å². The van der Waals surface area contributed by atoms with Gasteiger partial charge in [-0.05, 0) is 43.5 Å². The van der Waals surface area contributed by atoms with Gasteiger partial charge in [0, 0.05) is 0 Å². The summed E-state index contributed by atoms with van der Waals surface area (Å²) in [4.78, 5) is 0. The van der Waals surface area contributed by atoms with Gasteiger partial charge in [0.2, 0.25) is 0 Å². The van der Waals surface area contributed by atoms with E-state index in [1.54, 1.807) is 0 Å². The van der Waals surface area contributed by atoms with Gasteiger partial charge in [0.25, 0.3) is 0 Å². The number of hydrogen-bond acceptors (Lipinski definition) is 1. The zero-order chi connectivity index (χ0) is 14.9. The predicted molar refractivity (Wildman–Crippen MR) is 94.2 cm³/mol. The minimum absolute atomic E-state index is 0.347. The summed E-state index contributed by atoms with van der Waals surface area (Å²) in [5.74, 6) is 0. The summed E-state index contributed by atoms with van der Waals surface area (Å²) in [6, 6.07) is 21.7. The molecule has 0 heterocycles. The second-order valence-corrected chi connectivity index (χ2v) is 7.57. The molecule has 0 amide bonds. The summed E-state index contributed by atoms with van der Waals surface area (Å²) in [5.41, 5.74) is 0.640. The molecule has 0 aromatic heterocycles. The Morgan fingerprint density at radius 2 is 1.48 bits per heavy atom. The fourth-order valence-electron chi connectivity index (χ4n) is 2.63. The van der Waals surface area contributed by atoms with Crippen molar-refractivity contribution in [3.63, 3.8) is 0 Å². The number of hydrogen-bond donors (Lipinski definition) is 1. The Morgan fingerprint density at radius 3 is 1.90 bits per heavy atom. The van der Waals surface area contributed by atoms with Crippen LogP contribution in [0.25, 0.3) is 0 Å². The first-order chi connectivity index (χ1) is 10.4. The van der Waals surface area contributed by atoms with Gasteiger partial charge in [-0.3, -0.25) is 0 Å². The number of allylic oxidation sites excluding steroid dienone is 1. The molecule has 2 aromatic rings. The van der Waals surface area contributed by atoms with E-state index in [1.807, 2.05) is 6.08 Å². The molecule has 1 N–H and O–H groups in total. The van der Waals surface area contributed by atoms with Crippen LogP contribution < -0.4 is 10.6 Å². The lowest BCUT2D eigenvalue weighted by Gasteiger charge is -2.27. The molecular formula is C19H23OP. The van der Waals surface area contributed by atoms with Gasteiger partial charge in [-0.15, -0.1) is 0 Å². The lowest BCUT2D eigenvalue weighted by atomic mass is 10.2. The highest BCUT2D eigenvalue weighted by atomic mass is 31.1. The molecule has 0 radical (unpaired) electrons. The van der Waals surface area contributed by atoms with Crippen molar-refractivity contribution in [3.8, 4) is 0 Å². The first-order valence-electron chi connectivity index (χ1n) is 7.55. The van der Waals surface area contributed by atoms with E-state index in [4.69, 9.17) is 5.11 Å².